The van der Waals surface area contributed by atoms with Gasteiger partial charge in [-0.2, -0.15) is 0 Å². The van der Waals surface area contributed by atoms with Crippen molar-refractivity contribution in [3.8, 4) is 0 Å². The first kappa shape index (κ1) is 13.5. The second-order valence-electron chi connectivity index (χ2n) is 6.21. The van der Waals surface area contributed by atoms with E-state index in [-0.39, 0.29) is 14.2 Å². The first-order valence-corrected chi connectivity index (χ1v) is 8.68. The first-order valence-electron chi connectivity index (χ1n) is 6.18. The molecule has 0 unspecified atom stereocenters. The summed E-state index contributed by atoms with van der Waals surface area (Å²) in [6.07, 6.45) is 0. The predicted molar refractivity (Wildman–Crippen MR) is 76.3 cm³/mol. The zero-order chi connectivity index (χ0) is 12.5. The number of hydrogen-bond donors (Lipinski definition) is 0. The quantitative estimate of drug-likeness (QED) is 0.676. The molecule has 0 aliphatic rings. The lowest BCUT2D eigenvalue weighted by molar-refractivity contribution is 0.590. The number of benzene rings is 1. The van der Waals surface area contributed by atoms with Crippen LogP contribution in [0, 0.1) is 0 Å². The summed E-state index contributed by atoms with van der Waals surface area (Å²) in [6, 6.07) is 7.10. The zero-order valence-corrected chi connectivity index (χ0v) is 12.8. The second-order valence-corrected chi connectivity index (χ2v) is 8.75. The van der Waals surface area contributed by atoms with Crippen LogP contribution >= 0.6 is 0 Å². The molecule has 0 N–H and O–H groups in total. The third-order valence-corrected chi connectivity index (χ3v) is 4.59. The van der Waals surface area contributed by atoms with Gasteiger partial charge in [0, 0.05) is 0 Å². The van der Waals surface area contributed by atoms with Crippen LogP contribution in [-0.4, -0.2) is 8.80 Å². The lowest BCUT2D eigenvalue weighted by atomic mass is 9.86. The molecule has 1 radical (unpaired) electrons. The topological polar surface area (TPSA) is 0 Å². The van der Waals surface area contributed by atoms with Gasteiger partial charge in [-0.15, -0.1) is 0 Å². The van der Waals surface area contributed by atoms with Crippen LogP contribution in [0.15, 0.2) is 18.2 Å². The van der Waals surface area contributed by atoms with Gasteiger partial charge in [0.2, 0.25) is 0 Å². The van der Waals surface area contributed by atoms with Gasteiger partial charge >= 0.3 is 0 Å². The lowest BCUT2D eigenvalue weighted by Gasteiger charge is -2.23. The van der Waals surface area contributed by atoms with E-state index in [4.69, 9.17) is 0 Å². The number of hydrogen-bond acceptors (Lipinski definition) is 0. The summed E-state index contributed by atoms with van der Waals surface area (Å²) in [5.41, 5.74) is 3.28. The van der Waals surface area contributed by atoms with Gasteiger partial charge < -0.3 is 0 Å². The van der Waals surface area contributed by atoms with Crippen LogP contribution in [-0.2, 0) is 5.41 Å². The smallest absolute Gasteiger partial charge is 0.0671 e. The van der Waals surface area contributed by atoms with Gasteiger partial charge in [-0.1, -0.05) is 71.1 Å². The van der Waals surface area contributed by atoms with Crippen molar-refractivity contribution >= 4 is 14.0 Å². The summed E-state index contributed by atoms with van der Waals surface area (Å²) in [5.74, 6) is 0.643. The lowest BCUT2D eigenvalue weighted by Crippen LogP contribution is -2.29. The molecule has 0 saturated heterocycles. The standard InChI is InChI=1S/C15H25Si/c1-11(2)13-9-8-12(15(3,4)5)10-14(13)16(6)7/h8-11H,1-7H3. The minimum Gasteiger partial charge on any atom is -0.0671 e. The fraction of sp³-hybridized carbons (Fsp3) is 0.600. The molecule has 0 saturated carbocycles. The minimum atomic E-state index is -0.368. The van der Waals surface area contributed by atoms with Crippen LogP contribution in [0.1, 0.15) is 51.7 Å². The van der Waals surface area contributed by atoms with E-state index in [1.165, 1.54) is 5.56 Å². The molecule has 0 aliphatic heterocycles. The SMILES string of the molecule is CC(C)c1ccc(C(C)(C)C)cc1[Si](C)C. The average Bonchev–Trinajstić information content (AvgIpc) is 2.15. The molecule has 89 valence electrons. The van der Waals surface area contributed by atoms with Gasteiger partial charge in [0.15, 0.2) is 0 Å². The van der Waals surface area contributed by atoms with Crippen molar-refractivity contribution in [3.05, 3.63) is 29.3 Å². The van der Waals surface area contributed by atoms with Gasteiger partial charge in [0.1, 0.15) is 0 Å². The maximum absolute atomic E-state index is 2.45. The van der Waals surface area contributed by atoms with Gasteiger partial charge in [-0.05, 0) is 22.5 Å². The Bertz CT molecular complexity index is 356. The molecule has 1 aromatic rings. The van der Waals surface area contributed by atoms with Crippen molar-refractivity contribution < 1.29 is 0 Å². The van der Waals surface area contributed by atoms with Crippen LogP contribution in [0.25, 0.3) is 0 Å². The van der Waals surface area contributed by atoms with Gasteiger partial charge in [0.25, 0.3) is 0 Å². The summed E-state index contributed by atoms with van der Waals surface area (Å²) in [7, 11) is -0.368. The molecule has 16 heavy (non-hydrogen) atoms. The predicted octanol–water partition coefficient (Wildman–Crippen LogP) is 4.07. The molecule has 0 spiro atoms. The Morgan fingerprint density at radius 1 is 1.06 bits per heavy atom. The molecule has 1 rings (SSSR count). The Balaban J connectivity index is 3.29. The second kappa shape index (κ2) is 4.75. The Kier molecular flexibility index (Phi) is 4.00. The van der Waals surface area contributed by atoms with Crippen LogP contribution in [0.4, 0.5) is 0 Å². The molecule has 0 fully saturated rings. The van der Waals surface area contributed by atoms with E-state index in [0.717, 1.165) is 0 Å². The summed E-state index contributed by atoms with van der Waals surface area (Å²) >= 11 is 0. The molecule has 1 aromatic carbocycles. The molecule has 1 heteroatoms. The summed E-state index contributed by atoms with van der Waals surface area (Å²) in [6.45, 7) is 16.2. The van der Waals surface area contributed by atoms with Crippen LogP contribution in [0.5, 0.6) is 0 Å². The van der Waals surface area contributed by atoms with Crippen molar-refractivity contribution in [1.29, 1.82) is 0 Å². The Hall–Kier alpha value is -0.563. The largest absolute Gasteiger partial charge is 0.0795 e. The third kappa shape index (κ3) is 2.97. The molecule has 0 aliphatic carbocycles. The molecule has 0 amide bonds. The van der Waals surface area contributed by atoms with Crippen molar-refractivity contribution in [1.82, 2.24) is 0 Å². The highest BCUT2D eigenvalue weighted by Crippen LogP contribution is 2.23. The van der Waals surface area contributed by atoms with Crippen molar-refractivity contribution in [2.45, 2.75) is 59.0 Å². The van der Waals surface area contributed by atoms with Gasteiger partial charge in [-0.25, -0.2) is 0 Å². The summed E-state index contributed by atoms with van der Waals surface area (Å²) in [4.78, 5) is 0. The number of rotatable bonds is 2. The molecule has 0 atom stereocenters. The van der Waals surface area contributed by atoms with E-state index in [1.807, 2.05) is 0 Å². The van der Waals surface area contributed by atoms with Crippen molar-refractivity contribution in [2.24, 2.45) is 0 Å². The molecule has 0 heterocycles. The van der Waals surface area contributed by atoms with E-state index in [1.54, 1.807) is 10.8 Å². The van der Waals surface area contributed by atoms with E-state index < -0.39 is 0 Å². The summed E-state index contributed by atoms with van der Waals surface area (Å²) < 4.78 is 0. The van der Waals surface area contributed by atoms with Crippen LogP contribution in [0.3, 0.4) is 0 Å². The van der Waals surface area contributed by atoms with Gasteiger partial charge in [0.05, 0.1) is 8.80 Å². The van der Waals surface area contributed by atoms with Crippen LogP contribution in [0.2, 0.25) is 13.1 Å². The Labute approximate surface area is 103 Å². The maximum atomic E-state index is 2.45. The molecule has 0 nitrogen and oxygen atoms in total. The highest BCUT2D eigenvalue weighted by atomic mass is 28.3. The van der Waals surface area contributed by atoms with Crippen molar-refractivity contribution in [3.63, 3.8) is 0 Å². The molecule has 0 bridgehead atoms. The summed E-state index contributed by atoms with van der Waals surface area (Å²) in [5, 5.41) is 1.62. The average molecular weight is 233 g/mol. The normalized spacial score (nSPS) is 12.6. The van der Waals surface area contributed by atoms with E-state index in [0.29, 0.717) is 5.92 Å². The molecular formula is C15H25Si. The minimum absolute atomic E-state index is 0.265. The molecular weight excluding hydrogens is 208 g/mol. The van der Waals surface area contributed by atoms with Crippen molar-refractivity contribution in [2.75, 3.05) is 0 Å². The fourth-order valence-corrected chi connectivity index (χ4v) is 3.35. The fourth-order valence-electron chi connectivity index (χ4n) is 1.96. The monoisotopic (exact) mass is 233 g/mol. The third-order valence-electron chi connectivity index (χ3n) is 3.08. The first-order chi connectivity index (χ1) is 7.23. The van der Waals surface area contributed by atoms with E-state index in [2.05, 4.69) is 65.9 Å². The Morgan fingerprint density at radius 2 is 1.62 bits per heavy atom. The zero-order valence-electron chi connectivity index (χ0n) is 11.8. The van der Waals surface area contributed by atoms with E-state index >= 15 is 0 Å². The highest BCUT2D eigenvalue weighted by molar-refractivity contribution is 6.71. The van der Waals surface area contributed by atoms with Gasteiger partial charge in [-0.3, -0.25) is 0 Å². The maximum Gasteiger partial charge on any atom is 0.0795 e. The van der Waals surface area contributed by atoms with Crippen LogP contribution < -0.4 is 5.19 Å². The van der Waals surface area contributed by atoms with E-state index in [9.17, 15) is 0 Å². The Morgan fingerprint density at radius 3 is 2.00 bits per heavy atom. The molecule has 0 aromatic heterocycles. The highest BCUT2D eigenvalue weighted by Gasteiger charge is 2.17.